The first-order valence-electron chi connectivity index (χ1n) is 5.23. The molecule has 1 aromatic carbocycles. The summed E-state index contributed by atoms with van der Waals surface area (Å²) in [6.07, 6.45) is 4.46. The molecular weight excluding hydrogens is 205 g/mol. The van der Waals surface area contributed by atoms with Crippen LogP contribution in [0.15, 0.2) is 36.8 Å². The van der Waals surface area contributed by atoms with Crippen LogP contribution in [-0.4, -0.2) is 16.1 Å². The maximum absolute atomic E-state index is 13.0. The van der Waals surface area contributed by atoms with Crippen LogP contribution in [0.3, 0.4) is 0 Å². The minimum atomic E-state index is -0.209. The van der Waals surface area contributed by atoms with Crippen molar-refractivity contribution >= 4 is 0 Å². The van der Waals surface area contributed by atoms with Crippen molar-refractivity contribution in [2.24, 2.45) is 5.73 Å². The fourth-order valence-electron chi connectivity index (χ4n) is 1.62. The number of benzene rings is 1. The van der Waals surface area contributed by atoms with Crippen molar-refractivity contribution in [2.75, 3.05) is 6.54 Å². The Kier molecular flexibility index (Phi) is 3.31. The van der Waals surface area contributed by atoms with Crippen LogP contribution >= 0.6 is 0 Å². The molecule has 4 heteroatoms. The Labute approximate surface area is 93.7 Å². The molecule has 0 aliphatic carbocycles. The lowest BCUT2D eigenvalue weighted by atomic mass is 10.2. The van der Waals surface area contributed by atoms with E-state index in [1.807, 2.05) is 16.8 Å². The van der Waals surface area contributed by atoms with Gasteiger partial charge in [-0.25, -0.2) is 9.37 Å². The van der Waals surface area contributed by atoms with E-state index < -0.39 is 0 Å². The second-order valence-electron chi connectivity index (χ2n) is 3.71. The van der Waals surface area contributed by atoms with Crippen LogP contribution < -0.4 is 5.73 Å². The summed E-state index contributed by atoms with van der Waals surface area (Å²) < 4.78 is 14.9. The lowest BCUT2D eigenvalue weighted by Gasteiger charge is -2.01. The van der Waals surface area contributed by atoms with Gasteiger partial charge in [0.1, 0.15) is 5.82 Å². The van der Waals surface area contributed by atoms with Gasteiger partial charge < -0.3 is 10.3 Å². The number of imidazole rings is 1. The van der Waals surface area contributed by atoms with Crippen LogP contribution in [-0.2, 0) is 13.0 Å². The van der Waals surface area contributed by atoms with Crippen LogP contribution in [0.25, 0.3) is 0 Å². The molecule has 84 valence electrons. The molecule has 0 spiro atoms. The largest absolute Gasteiger partial charge is 0.333 e. The molecule has 2 aromatic rings. The Morgan fingerprint density at radius 1 is 1.38 bits per heavy atom. The maximum atomic E-state index is 13.0. The zero-order valence-corrected chi connectivity index (χ0v) is 8.94. The Bertz CT molecular complexity index is 465. The van der Waals surface area contributed by atoms with E-state index in [0.717, 1.165) is 17.7 Å². The highest BCUT2D eigenvalue weighted by Gasteiger charge is 1.99. The van der Waals surface area contributed by atoms with Crippen molar-refractivity contribution in [1.29, 1.82) is 0 Å². The summed E-state index contributed by atoms with van der Waals surface area (Å²) in [5, 5.41) is 0. The van der Waals surface area contributed by atoms with Crippen molar-refractivity contribution in [1.82, 2.24) is 9.55 Å². The Hall–Kier alpha value is -1.68. The minimum Gasteiger partial charge on any atom is -0.333 e. The quantitative estimate of drug-likeness (QED) is 0.848. The van der Waals surface area contributed by atoms with Crippen LogP contribution in [0.5, 0.6) is 0 Å². The number of rotatable bonds is 4. The lowest BCUT2D eigenvalue weighted by molar-refractivity contribution is 0.623. The monoisotopic (exact) mass is 219 g/mol. The Morgan fingerprint density at radius 3 is 3.00 bits per heavy atom. The highest BCUT2D eigenvalue weighted by atomic mass is 19.1. The van der Waals surface area contributed by atoms with Crippen molar-refractivity contribution in [2.45, 2.75) is 13.0 Å². The molecule has 0 saturated heterocycles. The highest BCUT2D eigenvalue weighted by molar-refractivity contribution is 5.17. The fourth-order valence-corrected chi connectivity index (χ4v) is 1.62. The molecule has 0 atom stereocenters. The van der Waals surface area contributed by atoms with Crippen molar-refractivity contribution < 1.29 is 4.39 Å². The average Bonchev–Trinajstić information content (AvgIpc) is 2.66. The van der Waals surface area contributed by atoms with E-state index in [-0.39, 0.29) is 5.82 Å². The molecule has 0 radical (unpaired) electrons. The first-order valence-corrected chi connectivity index (χ1v) is 5.23. The Balaban J connectivity index is 2.08. The number of nitrogens with two attached hydrogens (primary N) is 1. The van der Waals surface area contributed by atoms with E-state index in [2.05, 4.69) is 4.98 Å². The zero-order chi connectivity index (χ0) is 11.4. The van der Waals surface area contributed by atoms with Crippen molar-refractivity contribution in [3.63, 3.8) is 0 Å². The first-order chi connectivity index (χ1) is 7.78. The summed E-state index contributed by atoms with van der Waals surface area (Å²) in [5.74, 6) is -0.209. The van der Waals surface area contributed by atoms with E-state index in [9.17, 15) is 4.39 Å². The van der Waals surface area contributed by atoms with Gasteiger partial charge in [-0.15, -0.1) is 0 Å². The molecule has 0 unspecified atom stereocenters. The summed E-state index contributed by atoms with van der Waals surface area (Å²) >= 11 is 0. The molecule has 2 N–H and O–H groups in total. The number of aromatic nitrogens is 2. The van der Waals surface area contributed by atoms with E-state index in [1.165, 1.54) is 12.1 Å². The van der Waals surface area contributed by atoms with Gasteiger partial charge in [-0.1, -0.05) is 12.1 Å². The molecule has 0 bridgehead atoms. The average molecular weight is 219 g/mol. The van der Waals surface area contributed by atoms with E-state index in [0.29, 0.717) is 13.1 Å². The molecule has 1 aromatic heterocycles. The van der Waals surface area contributed by atoms with Crippen LogP contribution in [0.4, 0.5) is 4.39 Å². The lowest BCUT2D eigenvalue weighted by Crippen LogP contribution is -2.02. The summed E-state index contributed by atoms with van der Waals surface area (Å²) in [6.45, 7) is 1.23. The predicted octanol–water partition coefficient (Wildman–Crippen LogP) is 1.57. The maximum Gasteiger partial charge on any atom is 0.123 e. The van der Waals surface area contributed by atoms with Crippen LogP contribution in [0.2, 0.25) is 0 Å². The van der Waals surface area contributed by atoms with Crippen LogP contribution in [0, 0.1) is 5.82 Å². The van der Waals surface area contributed by atoms with Gasteiger partial charge in [0.2, 0.25) is 0 Å². The van der Waals surface area contributed by atoms with Gasteiger partial charge in [-0.3, -0.25) is 0 Å². The first kappa shape index (κ1) is 10.8. The Morgan fingerprint density at radius 2 is 2.25 bits per heavy atom. The third-order valence-electron chi connectivity index (χ3n) is 2.34. The SMILES string of the molecule is NCCc1cn(Cc2cccc(F)c2)cn1. The smallest absolute Gasteiger partial charge is 0.123 e. The summed E-state index contributed by atoms with van der Waals surface area (Å²) in [7, 11) is 0. The molecular formula is C12H14FN3. The number of hydrogen-bond acceptors (Lipinski definition) is 2. The molecule has 0 aliphatic heterocycles. The third kappa shape index (κ3) is 2.67. The normalized spacial score (nSPS) is 10.6. The summed E-state index contributed by atoms with van der Waals surface area (Å²) in [6, 6.07) is 6.58. The zero-order valence-electron chi connectivity index (χ0n) is 8.94. The van der Waals surface area contributed by atoms with E-state index >= 15 is 0 Å². The molecule has 0 fully saturated rings. The van der Waals surface area contributed by atoms with Crippen molar-refractivity contribution in [3.05, 3.63) is 53.9 Å². The number of nitrogens with zero attached hydrogens (tertiary/aromatic N) is 2. The van der Waals surface area contributed by atoms with Gasteiger partial charge in [-0.2, -0.15) is 0 Å². The van der Waals surface area contributed by atoms with E-state index in [1.54, 1.807) is 12.4 Å². The fraction of sp³-hybridized carbons (Fsp3) is 0.250. The second-order valence-corrected chi connectivity index (χ2v) is 3.71. The van der Waals surface area contributed by atoms with Gasteiger partial charge in [-0.05, 0) is 24.2 Å². The molecule has 0 aliphatic rings. The number of hydrogen-bond donors (Lipinski definition) is 1. The van der Waals surface area contributed by atoms with Gasteiger partial charge in [0.15, 0.2) is 0 Å². The molecule has 1 heterocycles. The van der Waals surface area contributed by atoms with Crippen molar-refractivity contribution in [3.8, 4) is 0 Å². The molecule has 2 rings (SSSR count). The van der Waals surface area contributed by atoms with E-state index in [4.69, 9.17) is 5.73 Å². The predicted molar refractivity (Wildman–Crippen MR) is 60.5 cm³/mol. The van der Waals surface area contributed by atoms with Gasteiger partial charge in [0.25, 0.3) is 0 Å². The summed E-state index contributed by atoms with van der Waals surface area (Å²) in [4.78, 5) is 4.21. The number of halogens is 1. The highest BCUT2D eigenvalue weighted by Crippen LogP contribution is 2.06. The minimum absolute atomic E-state index is 0.209. The molecule has 0 saturated carbocycles. The van der Waals surface area contributed by atoms with Gasteiger partial charge >= 0.3 is 0 Å². The molecule has 16 heavy (non-hydrogen) atoms. The van der Waals surface area contributed by atoms with Gasteiger partial charge in [0.05, 0.1) is 12.0 Å². The van der Waals surface area contributed by atoms with Gasteiger partial charge in [0, 0.05) is 19.2 Å². The third-order valence-corrected chi connectivity index (χ3v) is 2.34. The molecule has 3 nitrogen and oxygen atoms in total. The summed E-state index contributed by atoms with van der Waals surface area (Å²) in [5.41, 5.74) is 7.34. The standard InChI is InChI=1S/C12H14FN3/c13-11-3-1-2-10(6-11)7-16-8-12(4-5-14)15-9-16/h1-3,6,8-9H,4-5,7,14H2. The topological polar surface area (TPSA) is 43.8 Å². The van der Waals surface area contributed by atoms with Crippen LogP contribution in [0.1, 0.15) is 11.3 Å². The second kappa shape index (κ2) is 4.90. The molecule has 0 amide bonds.